The normalized spacial score (nSPS) is 13.0. The van der Waals surface area contributed by atoms with Crippen molar-refractivity contribution in [1.82, 2.24) is 21.3 Å². The van der Waals surface area contributed by atoms with Crippen molar-refractivity contribution < 1.29 is 19.2 Å². The molecule has 8 nitrogen and oxygen atoms in total. The molecule has 0 aliphatic rings. The summed E-state index contributed by atoms with van der Waals surface area (Å²) in [5.74, 6) is -0.331. The van der Waals surface area contributed by atoms with Crippen molar-refractivity contribution in [1.29, 1.82) is 0 Å². The highest BCUT2D eigenvalue weighted by Crippen LogP contribution is 2.03. The van der Waals surface area contributed by atoms with E-state index in [-0.39, 0.29) is 17.9 Å². The fourth-order valence-electron chi connectivity index (χ4n) is 2.41. The summed E-state index contributed by atoms with van der Waals surface area (Å²) >= 11 is 0. The highest BCUT2D eigenvalue weighted by atomic mass is 16.2. The minimum absolute atomic E-state index is 0.132. The van der Waals surface area contributed by atoms with Gasteiger partial charge >= 0.3 is 0 Å². The molecule has 0 aromatic carbocycles. The van der Waals surface area contributed by atoms with E-state index in [4.69, 9.17) is 0 Å². The van der Waals surface area contributed by atoms with Gasteiger partial charge in [-0.25, -0.2) is 0 Å². The van der Waals surface area contributed by atoms with Crippen LogP contribution in [0.15, 0.2) is 12.2 Å². The molecule has 148 valence electrons. The maximum atomic E-state index is 12.2. The van der Waals surface area contributed by atoms with Gasteiger partial charge in [-0.1, -0.05) is 6.08 Å². The van der Waals surface area contributed by atoms with Crippen LogP contribution in [0.5, 0.6) is 0 Å². The van der Waals surface area contributed by atoms with Crippen LogP contribution in [0, 0.1) is 0 Å². The van der Waals surface area contributed by atoms with Gasteiger partial charge in [0, 0.05) is 13.1 Å². The van der Waals surface area contributed by atoms with E-state index in [0.29, 0.717) is 32.3 Å². The molecular formula is C18H32N4O4. The average molecular weight is 368 g/mol. The molecule has 2 unspecified atom stereocenters. The Morgan fingerprint density at radius 2 is 1.69 bits per heavy atom. The molecule has 0 radical (unpaired) electrons. The van der Waals surface area contributed by atoms with Crippen LogP contribution >= 0.6 is 0 Å². The summed E-state index contributed by atoms with van der Waals surface area (Å²) < 4.78 is 0. The van der Waals surface area contributed by atoms with E-state index in [1.807, 2.05) is 0 Å². The fourth-order valence-corrected chi connectivity index (χ4v) is 2.41. The summed E-state index contributed by atoms with van der Waals surface area (Å²) in [5, 5.41) is 11.0. The Bertz CT molecular complexity index is 454. The van der Waals surface area contributed by atoms with Gasteiger partial charge in [-0.3, -0.25) is 14.4 Å². The third kappa shape index (κ3) is 12.2. The largest absolute Gasteiger partial charge is 0.359 e. The van der Waals surface area contributed by atoms with E-state index in [1.165, 1.54) is 6.08 Å². The van der Waals surface area contributed by atoms with Gasteiger partial charge in [0.1, 0.15) is 6.29 Å². The summed E-state index contributed by atoms with van der Waals surface area (Å²) in [6, 6.07) is -0.893. The Balaban J connectivity index is 4.05. The Labute approximate surface area is 155 Å². The van der Waals surface area contributed by atoms with Crippen LogP contribution in [-0.4, -0.2) is 56.7 Å². The third-order valence-corrected chi connectivity index (χ3v) is 3.86. The van der Waals surface area contributed by atoms with Gasteiger partial charge in [-0.05, 0) is 58.6 Å². The lowest BCUT2D eigenvalue weighted by Gasteiger charge is -2.19. The molecule has 0 heterocycles. The Kier molecular flexibility index (Phi) is 14.9. The standard InChI is InChI=1S/C18H32N4O4/c1-3-8-17(25)21-12-7-4-9-15(13-23)22-18(26)16(19-2)10-5-6-11-20-14-24/h3,8,13-16,19H,4-7,9-12H2,1-2H3,(H,20,24)(H,21,25)(H,22,26)/b8-3+. The van der Waals surface area contributed by atoms with E-state index >= 15 is 0 Å². The first-order valence-electron chi connectivity index (χ1n) is 9.09. The van der Waals surface area contributed by atoms with Crippen molar-refractivity contribution in [2.45, 2.75) is 57.5 Å². The molecule has 0 aliphatic heterocycles. The molecule has 3 amide bonds. The number of aldehydes is 1. The van der Waals surface area contributed by atoms with Crippen LogP contribution < -0.4 is 21.3 Å². The summed E-state index contributed by atoms with van der Waals surface area (Å²) in [7, 11) is 1.71. The third-order valence-electron chi connectivity index (χ3n) is 3.86. The minimum Gasteiger partial charge on any atom is -0.359 e. The molecule has 0 spiro atoms. The topological polar surface area (TPSA) is 116 Å². The SMILES string of the molecule is C/C=C/C(=O)NCCCCC(C=O)NC(=O)C(CCCCNC=O)NC. The lowest BCUT2D eigenvalue weighted by Crippen LogP contribution is -2.47. The zero-order chi connectivity index (χ0) is 19.6. The molecule has 0 saturated heterocycles. The number of hydrogen-bond donors (Lipinski definition) is 4. The smallest absolute Gasteiger partial charge is 0.243 e. The summed E-state index contributed by atoms with van der Waals surface area (Å²) in [6.45, 7) is 2.90. The van der Waals surface area contributed by atoms with E-state index in [1.54, 1.807) is 20.0 Å². The van der Waals surface area contributed by atoms with Crippen molar-refractivity contribution in [3.8, 4) is 0 Å². The molecule has 0 rings (SSSR count). The summed E-state index contributed by atoms with van der Waals surface area (Å²) in [4.78, 5) is 44.9. The molecule has 4 N–H and O–H groups in total. The number of unbranched alkanes of at least 4 members (excludes halogenated alkanes) is 2. The molecule has 0 aromatic heterocycles. The predicted molar refractivity (Wildman–Crippen MR) is 100 cm³/mol. The van der Waals surface area contributed by atoms with E-state index in [0.717, 1.165) is 32.0 Å². The van der Waals surface area contributed by atoms with Crippen molar-refractivity contribution in [2.24, 2.45) is 0 Å². The van der Waals surface area contributed by atoms with E-state index < -0.39 is 6.04 Å². The maximum Gasteiger partial charge on any atom is 0.243 e. The van der Waals surface area contributed by atoms with Gasteiger partial charge in [0.25, 0.3) is 0 Å². The van der Waals surface area contributed by atoms with Crippen LogP contribution in [0.2, 0.25) is 0 Å². The van der Waals surface area contributed by atoms with E-state index in [9.17, 15) is 19.2 Å². The van der Waals surface area contributed by atoms with Gasteiger partial charge in [-0.15, -0.1) is 0 Å². The predicted octanol–water partition coefficient (Wildman–Crippen LogP) is 0.0370. The van der Waals surface area contributed by atoms with Crippen LogP contribution in [-0.2, 0) is 19.2 Å². The molecule has 0 fully saturated rings. The number of amides is 3. The van der Waals surface area contributed by atoms with Crippen LogP contribution in [0.4, 0.5) is 0 Å². The molecule has 2 atom stereocenters. The van der Waals surface area contributed by atoms with Gasteiger partial charge in [-0.2, -0.15) is 0 Å². The second-order valence-electron chi connectivity index (χ2n) is 5.95. The number of likely N-dealkylation sites (N-methyl/N-ethyl adjacent to an activating group) is 1. The van der Waals surface area contributed by atoms with Crippen molar-refractivity contribution in [2.75, 3.05) is 20.1 Å². The number of nitrogens with one attached hydrogen (secondary N) is 4. The second-order valence-corrected chi connectivity index (χ2v) is 5.95. The molecule has 0 aliphatic carbocycles. The summed E-state index contributed by atoms with van der Waals surface area (Å²) in [6.07, 6.45) is 8.74. The minimum atomic E-state index is -0.527. The number of carbonyl (C=O) groups excluding carboxylic acids is 4. The molecule has 8 heteroatoms. The highest BCUT2D eigenvalue weighted by Gasteiger charge is 2.19. The average Bonchev–Trinajstić information content (AvgIpc) is 2.63. The number of rotatable bonds is 16. The first kappa shape index (κ1) is 23.8. The lowest BCUT2D eigenvalue weighted by atomic mass is 10.1. The van der Waals surface area contributed by atoms with Crippen LogP contribution in [0.25, 0.3) is 0 Å². The molecule has 26 heavy (non-hydrogen) atoms. The highest BCUT2D eigenvalue weighted by molar-refractivity contribution is 5.87. The van der Waals surface area contributed by atoms with Gasteiger partial charge in [0.2, 0.25) is 18.2 Å². The van der Waals surface area contributed by atoms with Gasteiger partial charge in [0.15, 0.2) is 0 Å². The second kappa shape index (κ2) is 16.3. The number of allylic oxidation sites excluding steroid dienone is 1. The fraction of sp³-hybridized carbons (Fsp3) is 0.667. The zero-order valence-electron chi connectivity index (χ0n) is 15.8. The van der Waals surface area contributed by atoms with Gasteiger partial charge < -0.3 is 26.1 Å². The van der Waals surface area contributed by atoms with Crippen molar-refractivity contribution in [3.63, 3.8) is 0 Å². The summed E-state index contributed by atoms with van der Waals surface area (Å²) in [5.41, 5.74) is 0. The first-order valence-corrected chi connectivity index (χ1v) is 9.09. The quantitative estimate of drug-likeness (QED) is 0.174. The molecule has 0 aromatic rings. The zero-order valence-corrected chi connectivity index (χ0v) is 15.8. The Morgan fingerprint density at radius 1 is 1.00 bits per heavy atom. The van der Waals surface area contributed by atoms with Crippen molar-refractivity contribution >= 4 is 24.5 Å². The van der Waals surface area contributed by atoms with Crippen molar-refractivity contribution in [3.05, 3.63) is 12.2 Å². The maximum absolute atomic E-state index is 12.2. The van der Waals surface area contributed by atoms with Crippen LogP contribution in [0.3, 0.4) is 0 Å². The van der Waals surface area contributed by atoms with E-state index in [2.05, 4.69) is 21.3 Å². The Hall–Kier alpha value is -2.22. The van der Waals surface area contributed by atoms with Gasteiger partial charge in [0.05, 0.1) is 12.1 Å². The van der Waals surface area contributed by atoms with Crippen LogP contribution in [0.1, 0.15) is 45.4 Å². The first-order chi connectivity index (χ1) is 12.6. The Morgan fingerprint density at radius 3 is 2.31 bits per heavy atom. The number of hydrogen-bond acceptors (Lipinski definition) is 5. The molecular weight excluding hydrogens is 336 g/mol. The lowest BCUT2D eigenvalue weighted by molar-refractivity contribution is -0.126. The number of carbonyl (C=O) groups is 4. The molecule has 0 bridgehead atoms. The molecule has 0 saturated carbocycles. The monoisotopic (exact) mass is 368 g/mol.